The molecule has 3 aromatic rings. The zero-order valence-corrected chi connectivity index (χ0v) is 14.5. The van der Waals surface area contributed by atoms with Gasteiger partial charge in [0.25, 0.3) is 5.69 Å². The van der Waals surface area contributed by atoms with E-state index in [1.165, 1.54) is 25.3 Å². The highest BCUT2D eigenvalue weighted by molar-refractivity contribution is 5.92. The van der Waals surface area contributed by atoms with E-state index in [0.29, 0.717) is 11.1 Å². The highest BCUT2D eigenvalue weighted by Gasteiger charge is 2.31. The van der Waals surface area contributed by atoms with Crippen LogP contribution in [-0.4, -0.2) is 15.7 Å². The maximum absolute atomic E-state index is 13.9. The molecule has 1 atom stereocenters. The first kappa shape index (κ1) is 19.5. The number of alkyl halides is 3. The van der Waals surface area contributed by atoms with Crippen molar-refractivity contribution in [3.8, 4) is 0 Å². The largest absolute Gasteiger partial charge is 0.416 e. The molecule has 0 saturated heterocycles. The predicted molar refractivity (Wildman–Crippen MR) is 93.5 cm³/mol. The van der Waals surface area contributed by atoms with Crippen LogP contribution in [0.4, 0.5) is 23.2 Å². The fourth-order valence-electron chi connectivity index (χ4n) is 3.23. The minimum absolute atomic E-state index is 0.0529. The summed E-state index contributed by atoms with van der Waals surface area (Å²) in [5.41, 5.74) is -0.404. The monoisotopic (exact) mass is 394 g/mol. The SMILES string of the molecule is CC(=O)CC(c1ccc(C(F)(F)F)cc1)c1c[nH]c2c([N+](=O)[O-])cc(F)cc12. The minimum atomic E-state index is -4.50. The second-order valence-corrected chi connectivity index (χ2v) is 6.43. The lowest BCUT2D eigenvalue weighted by Crippen LogP contribution is -2.08. The summed E-state index contributed by atoms with van der Waals surface area (Å²) >= 11 is 0. The number of rotatable bonds is 5. The molecule has 0 fully saturated rings. The summed E-state index contributed by atoms with van der Waals surface area (Å²) in [6, 6.07) is 6.19. The molecule has 2 aromatic carbocycles. The molecule has 5 nitrogen and oxygen atoms in total. The minimum Gasteiger partial charge on any atom is -0.355 e. The number of benzene rings is 2. The average Bonchev–Trinajstić information content (AvgIpc) is 3.01. The molecule has 0 radical (unpaired) electrons. The topological polar surface area (TPSA) is 76.0 Å². The molecule has 1 unspecified atom stereocenters. The third-order valence-electron chi connectivity index (χ3n) is 4.47. The molecule has 1 heterocycles. The molecule has 0 saturated carbocycles. The third-order valence-corrected chi connectivity index (χ3v) is 4.47. The van der Waals surface area contributed by atoms with Crippen molar-refractivity contribution in [2.24, 2.45) is 0 Å². The molecule has 0 amide bonds. The number of H-pyrrole nitrogens is 1. The van der Waals surface area contributed by atoms with Gasteiger partial charge in [-0.1, -0.05) is 12.1 Å². The van der Waals surface area contributed by atoms with E-state index in [1.54, 1.807) is 0 Å². The number of nitrogens with zero attached hydrogens (tertiary/aromatic N) is 1. The van der Waals surface area contributed by atoms with Gasteiger partial charge in [0.1, 0.15) is 17.1 Å². The van der Waals surface area contributed by atoms with Crippen LogP contribution in [0, 0.1) is 15.9 Å². The zero-order valence-electron chi connectivity index (χ0n) is 14.5. The molecular formula is C19H14F4N2O3. The number of carbonyl (C=O) groups excluding carboxylic acids is 1. The molecule has 0 aliphatic carbocycles. The normalized spacial score (nSPS) is 12.9. The van der Waals surface area contributed by atoms with Crippen molar-refractivity contribution < 1.29 is 27.3 Å². The molecule has 0 bridgehead atoms. The summed E-state index contributed by atoms with van der Waals surface area (Å²) in [6.07, 6.45) is -3.13. The van der Waals surface area contributed by atoms with Crippen LogP contribution in [0.15, 0.2) is 42.6 Å². The molecule has 0 spiro atoms. The Morgan fingerprint density at radius 3 is 2.39 bits per heavy atom. The van der Waals surface area contributed by atoms with Crippen molar-refractivity contribution in [1.29, 1.82) is 0 Å². The number of nitro groups is 1. The van der Waals surface area contributed by atoms with E-state index in [1.807, 2.05) is 0 Å². The third kappa shape index (κ3) is 3.73. The van der Waals surface area contributed by atoms with E-state index in [2.05, 4.69) is 4.98 Å². The number of nitrogens with one attached hydrogen (secondary N) is 1. The maximum atomic E-state index is 13.9. The van der Waals surface area contributed by atoms with Gasteiger partial charge in [-0.25, -0.2) is 4.39 Å². The van der Waals surface area contributed by atoms with E-state index in [0.717, 1.165) is 24.3 Å². The van der Waals surface area contributed by atoms with Crippen LogP contribution in [0.5, 0.6) is 0 Å². The number of fused-ring (bicyclic) bond motifs is 1. The van der Waals surface area contributed by atoms with Gasteiger partial charge in [0, 0.05) is 23.9 Å². The molecule has 146 valence electrons. The number of halogens is 4. The van der Waals surface area contributed by atoms with E-state index in [4.69, 9.17) is 0 Å². The summed E-state index contributed by atoms with van der Waals surface area (Å²) < 4.78 is 52.4. The average molecular weight is 394 g/mol. The fourth-order valence-corrected chi connectivity index (χ4v) is 3.23. The number of non-ortho nitro benzene ring substituents is 1. The van der Waals surface area contributed by atoms with Crippen LogP contribution in [0.2, 0.25) is 0 Å². The quantitative estimate of drug-likeness (QED) is 0.360. The molecule has 0 aliphatic rings. The first-order valence-corrected chi connectivity index (χ1v) is 8.19. The van der Waals surface area contributed by atoms with E-state index in [9.17, 15) is 32.5 Å². The van der Waals surface area contributed by atoms with Crippen molar-refractivity contribution in [3.63, 3.8) is 0 Å². The summed E-state index contributed by atoms with van der Waals surface area (Å²) in [6.45, 7) is 1.33. The molecule has 9 heteroatoms. The van der Waals surface area contributed by atoms with Crippen molar-refractivity contribution in [2.75, 3.05) is 0 Å². The van der Waals surface area contributed by atoms with Gasteiger partial charge in [0.15, 0.2) is 0 Å². The lowest BCUT2D eigenvalue weighted by Gasteiger charge is -2.17. The Balaban J connectivity index is 2.15. The number of Topliss-reactive ketones (excluding diaryl/α,β-unsaturated/α-hetero) is 1. The highest BCUT2D eigenvalue weighted by Crippen LogP contribution is 2.38. The molecule has 28 heavy (non-hydrogen) atoms. The number of carbonyl (C=O) groups is 1. The second kappa shape index (κ2) is 7.06. The fraction of sp³-hybridized carbons (Fsp3) is 0.211. The Morgan fingerprint density at radius 1 is 1.21 bits per heavy atom. The van der Waals surface area contributed by atoms with E-state index in [-0.39, 0.29) is 23.1 Å². The molecule has 1 aromatic heterocycles. The van der Waals surface area contributed by atoms with Crippen molar-refractivity contribution in [1.82, 2.24) is 4.98 Å². The van der Waals surface area contributed by atoms with Gasteiger partial charge in [0.05, 0.1) is 16.6 Å². The maximum Gasteiger partial charge on any atom is 0.416 e. The Labute approximate surface area is 156 Å². The first-order chi connectivity index (χ1) is 13.1. The van der Waals surface area contributed by atoms with Gasteiger partial charge >= 0.3 is 6.18 Å². The van der Waals surface area contributed by atoms with Crippen LogP contribution in [0.3, 0.4) is 0 Å². The smallest absolute Gasteiger partial charge is 0.355 e. The molecule has 0 aliphatic heterocycles. The van der Waals surface area contributed by atoms with Gasteiger partial charge in [-0.3, -0.25) is 14.9 Å². The van der Waals surface area contributed by atoms with Gasteiger partial charge in [-0.15, -0.1) is 0 Å². The van der Waals surface area contributed by atoms with Crippen LogP contribution < -0.4 is 0 Å². The van der Waals surface area contributed by atoms with Gasteiger partial charge in [0.2, 0.25) is 0 Å². The first-order valence-electron chi connectivity index (χ1n) is 8.19. The lowest BCUT2D eigenvalue weighted by atomic mass is 9.86. The highest BCUT2D eigenvalue weighted by atomic mass is 19.4. The summed E-state index contributed by atoms with van der Waals surface area (Å²) in [7, 11) is 0. The number of aromatic amines is 1. The van der Waals surface area contributed by atoms with Crippen molar-refractivity contribution >= 4 is 22.4 Å². The van der Waals surface area contributed by atoms with Crippen molar-refractivity contribution in [3.05, 3.63) is 75.2 Å². The predicted octanol–water partition coefficient (Wildman–Crippen LogP) is 5.35. The number of aromatic nitrogens is 1. The Bertz CT molecular complexity index is 1060. The molecule has 3 rings (SSSR count). The van der Waals surface area contributed by atoms with Gasteiger partial charge < -0.3 is 4.98 Å². The summed E-state index contributed by atoms with van der Waals surface area (Å²) in [4.78, 5) is 24.9. The Hall–Kier alpha value is -3.23. The number of hydrogen-bond acceptors (Lipinski definition) is 3. The summed E-state index contributed by atoms with van der Waals surface area (Å²) in [5.74, 6) is -1.74. The number of hydrogen-bond donors (Lipinski definition) is 1. The molecule has 1 N–H and O–H groups in total. The van der Waals surface area contributed by atoms with Crippen LogP contribution in [0.25, 0.3) is 10.9 Å². The van der Waals surface area contributed by atoms with Gasteiger partial charge in [-0.2, -0.15) is 13.2 Å². The Kier molecular flexibility index (Phi) is 4.93. The Morgan fingerprint density at radius 2 is 1.86 bits per heavy atom. The second-order valence-electron chi connectivity index (χ2n) is 6.43. The zero-order chi connectivity index (χ0) is 20.6. The standard InChI is InChI=1S/C19H14F4N2O3/c1-10(26)6-14(11-2-4-12(5-3-11)19(21,22)23)16-9-24-18-15(16)7-13(20)8-17(18)25(27)28/h2-5,7-9,14,24H,6H2,1H3. The molecular weight excluding hydrogens is 380 g/mol. The lowest BCUT2D eigenvalue weighted by molar-refractivity contribution is -0.383. The van der Waals surface area contributed by atoms with Gasteiger partial charge in [-0.05, 0) is 36.2 Å². The van der Waals surface area contributed by atoms with E-state index >= 15 is 0 Å². The number of nitro benzene ring substituents is 1. The van der Waals surface area contributed by atoms with Crippen LogP contribution in [0.1, 0.15) is 36.0 Å². The summed E-state index contributed by atoms with van der Waals surface area (Å²) in [5, 5.41) is 11.4. The van der Waals surface area contributed by atoms with Crippen molar-refractivity contribution in [2.45, 2.75) is 25.4 Å². The number of ketones is 1. The van der Waals surface area contributed by atoms with Crippen LogP contribution >= 0.6 is 0 Å². The van der Waals surface area contributed by atoms with E-state index < -0.39 is 34.1 Å². The van der Waals surface area contributed by atoms with Crippen LogP contribution in [-0.2, 0) is 11.0 Å².